The van der Waals surface area contributed by atoms with Gasteiger partial charge in [0.25, 0.3) is 0 Å². The van der Waals surface area contributed by atoms with Crippen LogP contribution in [0.3, 0.4) is 0 Å². The largest absolute Gasteiger partial charge is 0.359 e. The van der Waals surface area contributed by atoms with E-state index in [2.05, 4.69) is 11.4 Å². The third-order valence-corrected chi connectivity index (χ3v) is 2.31. The second kappa shape index (κ2) is 5.38. The Morgan fingerprint density at radius 2 is 2.40 bits per heavy atom. The fraction of sp³-hybridized carbons (Fsp3) is 0.273. The number of nitrogens with one attached hydrogen (secondary N) is 1. The summed E-state index contributed by atoms with van der Waals surface area (Å²) in [5.41, 5.74) is 0.772. The van der Waals surface area contributed by atoms with Gasteiger partial charge in [-0.2, -0.15) is 5.26 Å². The molecule has 0 aliphatic rings. The summed E-state index contributed by atoms with van der Waals surface area (Å²) in [4.78, 5) is 11.1. The monoisotopic (exact) mass is 222 g/mol. The predicted octanol–water partition coefficient (Wildman–Crippen LogP) is 2.08. The van der Waals surface area contributed by atoms with E-state index >= 15 is 0 Å². The van der Waals surface area contributed by atoms with E-state index in [9.17, 15) is 4.79 Å². The van der Waals surface area contributed by atoms with E-state index < -0.39 is 5.92 Å². The fourth-order valence-electron chi connectivity index (χ4n) is 1.25. The number of halogens is 1. The van der Waals surface area contributed by atoms with Crippen molar-refractivity contribution in [3.05, 3.63) is 34.9 Å². The standard InChI is InChI=1S/C11H11ClN2O/c1-14-11(15)6-9(7-13)8-3-2-4-10(12)5-8/h2-5,9H,6H2,1H3,(H,14,15). The van der Waals surface area contributed by atoms with Crippen molar-refractivity contribution < 1.29 is 4.79 Å². The van der Waals surface area contributed by atoms with Crippen molar-refractivity contribution in [2.75, 3.05) is 7.05 Å². The first-order valence-corrected chi connectivity index (χ1v) is 4.91. The maximum absolute atomic E-state index is 11.1. The van der Waals surface area contributed by atoms with E-state index in [0.717, 1.165) is 5.56 Å². The number of carbonyl (C=O) groups excluding carboxylic acids is 1. The van der Waals surface area contributed by atoms with Crippen molar-refractivity contribution in [1.82, 2.24) is 5.32 Å². The highest BCUT2D eigenvalue weighted by Gasteiger charge is 2.14. The van der Waals surface area contributed by atoms with Crippen LogP contribution in [0.5, 0.6) is 0 Å². The molecule has 1 rings (SSSR count). The highest BCUT2D eigenvalue weighted by molar-refractivity contribution is 6.30. The molecule has 78 valence electrons. The minimum atomic E-state index is -0.441. The molecule has 0 saturated carbocycles. The number of amides is 1. The Labute approximate surface area is 93.7 Å². The van der Waals surface area contributed by atoms with Gasteiger partial charge in [-0.15, -0.1) is 0 Å². The molecular formula is C11H11ClN2O. The van der Waals surface area contributed by atoms with Crippen molar-refractivity contribution in [2.24, 2.45) is 0 Å². The zero-order valence-electron chi connectivity index (χ0n) is 8.33. The smallest absolute Gasteiger partial charge is 0.221 e. The van der Waals surface area contributed by atoms with Crippen LogP contribution in [0.15, 0.2) is 24.3 Å². The van der Waals surface area contributed by atoms with Gasteiger partial charge in [0.1, 0.15) is 0 Å². The lowest BCUT2D eigenvalue weighted by Crippen LogP contribution is -2.20. The maximum Gasteiger partial charge on any atom is 0.221 e. The third-order valence-electron chi connectivity index (χ3n) is 2.08. The van der Waals surface area contributed by atoms with Crippen molar-refractivity contribution in [2.45, 2.75) is 12.3 Å². The number of benzene rings is 1. The molecule has 4 heteroatoms. The molecule has 15 heavy (non-hydrogen) atoms. The third kappa shape index (κ3) is 3.26. The zero-order valence-corrected chi connectivity index (χ0v) is 9.08. The summed E-state index contributed by atoms with van der Waals surface area (Å²) >= 11 is 5.81. The molecule has 0 spiro atoms. The average molecular weight is 223 g/mol. The topological polar surface area (TPSA) is 52.9 Å². The molecule has 0 aliphatic carbocycles. The van der Waals surface area contributed by atoms with Crippen LogP contribution >= 0.6 is 11.6 Å². The second-order valence-electron chi connectivity index (χ2n) is 3.11. The molecule has 0 aromatic heterocycles. The van der Waals surface area contributed by atoms with Gasteiger partial charge in [0, 0.05) is 18.5 Å². The zero-order chi connectivity index (χ0) is 11.3. The van der Waals surface area contributed by atoms with Crippen LogP contribution in [0.25, 0.3) is 0 Å². The van der Waals surface area contributed by atoms with Crippen LogP contribution < -0.4 is 5.32 Å². The van der Waals surface area contributed by atoms with E-state index in [1.54, 1.807) is 31.3 Å². The number of nitriles is 1. The maximum atomic E-state index is 11.1. The van der Waals surface area contributed by atoms with E-state index in [0.29, 0.717) is 5.02 Å². The molecule has 0 aliphatic heterocycles. The Morgan fingerprint density at radius 3 is 2.93 bits per heavy atom. The number of carbonyl (C=O) groups is 1. The molecule has 1 aromatic carbocycles. The van der Waals surface area contributed by atoms with Crippen LogP contribution in [0.1, 0.15) is 17.9 Å². The van der Waals surface area contributed by atoms with Gasteiger partial charge in [-0.25, -0.2) is 0 Å². The minimum Gasteiger partial charge on any atom is -0.359 e. The van der Waals surface area contributed by atoms with Gasteiger partial charge >= 0.3 is 0 Å². The van der Waals surface area contributed by atoms with Crippen molar-refractivity contribution in [3.63, 3.8) is 0 Å². The quantitative estimate of drug-likeness (QED) is 0.852. The van der Waals surface area contributed by atoms with E-state index in [1.165, 1.54) is 0 Å². The summed E-state index contributed by atoms with van der Waals surface area (Å²) in [5, 5.41) is 12.0. The van der Waals surface area contributed by atoms with Crippen LogP contribution in [0.4, 0.5) is 0 Å². The van der Waals surface area contributed by atoms with Crippen LogP contribution in [-0.2, 0) is 4.79 Å². The molecule has 0 radical (unpaired) electrons. The normalized spacial score (nSPS) is 11.5. The summed E-state index contributed by atoms with van der Waals surface area (Å²) in [6.45, 7) is 0. The molecular weight excluding hydrogens is 212 g/mol. The van der Waals surface area contributed by atoms with Crippen molar-refractivity contribution >= 4 is 17.5 Å². The Morgan fingerprint density at radius 1 is 1.67 bits per heavy atom. The Bertz CT molecular complexity index is 398. The Kier molecular flexibility index (Phi) is 4.14. The van der Waals surface area contributed by atoms with Gasteiger partial charge < -0.3 is 5.32 Å². The highest BCUT2D eigenvalue weighted by atomic mass is 35.5. The molecule has 0 saturated heterocycles. The van der Waals surface area contributed by atoms with Crippen LogP contribution in [0.2, 0.25) is 5.02 Å². The predicted molar refractivity (Wildman–Crippen MR) is 58.5 cm³/mol. The Hall–Kier alpha value is -1.53. The number of hydrogen-bond donors (Lipinski definition) is 1. The summed E-state index contributed by atoms with van der Waals surface area (Å²) < 4.78 is 0. The Balaban J connectivity index is 2.84. The van der Waals surface area contributed by atoms with Gasteiger partial charge in [-0.05, 0) is 17.7 Å². The van der Waals surface area contributed by atoms with Gasteiger partial charge in [0.05, 0.1) is 12.0 Å². The number of rotatable bonds is 3. The summed E-state index contributed by atoms with van der Waals surface area (Å²) in [6, 6.07) is 9.10. The molecule has 1 atom stereocenters. The minimum absolute atomic E-state index is 0.151. The molecule has 1 N–H and O–H groups in total. The lowest BCUT2D eigenvalue weighted by Gasteiger charge is -2.08. The first kappa shape index (κ1) is 11.5. The first-order valence-electron chi connectivity index (χ1n) is 4.53. The fourth-order valence-corrected chi connectivity index (χ4v) is 1.45. The second-order valence-corrected chi connectivity index (χ2v) is 3.55. The van der Waals surface area contributed by atoms with Gasteiger partial charge in [0.15, 0.2) is 0 Å². The number of nitrogens with zero attached hydrogens (tertiary/aromatic N) is 1. The van der Waals surface area contributed by atoms with Gasteiger partial charge in [-0.3, -0.25) is 4.79 Å². The molecule has 0 bridgehead atoms. The van der Waals surface area contributed by atoms with Gasteiger partial charge in [0.2, 0.25) is 5.91 Å². The van der Waals surface area contributed by atoms with Crippen molar-refractivity contribution in [1.29, 1.82) is 5.26 Å². The van der Waals surface area contributed by atoms with Crippen LogP contribution in [0, 0.1) is 11.3 Å². The highest BCUT2D eigenvalue weighted by Crippen LogP contribution is 2.21. The van der Waals surface area contributed by atoms with E-state index in [-0.39, 0.29) is 12.3 Å². The summed E-state index contributed by atoms with van der Waals surface area (Å²) in [5.74, 6) is -0.592. The number of hydrogen-bond acceptors (Lipinski definition) is 2. The molecule has 1 amide bonds. The van der Waals surface area contributed by atoms with Gasteiger partial charge in [-0.1, -0.05) is 23.7 Å². The lowest BCUT2D eigenvalue weighted by molar-refractivity contribution is -0.120. The lowest BCUT2D eigenvalue weighted by atomic mass is 9.97. The molecule has 1 unspecified atom stereocenters. The van der Waals surface area contributed by atoms with Crippen LogP contribution in [-0.4, -0.2) is 13.0 Å². The van der Waals surface area contributed by atoms with E-state index in [4.69, 9.17) is 16.9 Å². The molecule has 0 fully saturated rings. The first-order chi connectivity index (χ1) is 7.17. The average Bonchev–Trinajstić information content (AvgIpc) is 2.25. The van der Waals surface area contributed by atoms with Crippen molar-refractivity contribution in [3.8, 4) is 6.07 Å². The molecule has 3 nitrogen and oxygen atoms in total. The molecule has 0 heterocycles. The van der Waals surface area contributed by atoms with E-state index in [1.807, 2.05) is 0 Å². The SMILES string of the molecule is CNC(=O)CC(C#N)c1cccc(Cl)c1. The summed E-state index contributed by atoms with van der Waals surface area (Å²) in [6.07, 6.45) is 0.160. The molecule has 1 aromatic rings. The summed E-state index contributed by atoms with van der Waals surface area (Å²) in [7, 11) is 1.55.